The highest BCUT2D eigenvalue weighted by molar-refractivity contribution is 14.1. The Morgan fingerprint density at radius 2 is 1.83 bits per heavy atom. The third-order valence-electron chi connectivity index (χ3n) is 4.04. The van der Waals surface area contributed by atoms with E-state index in [2.05, 4.69) is 64.3 Å². The molecule has 1 unspecified atom stereocenters. The molecule has 1 heterocycles. The van der Waals surface area contributed by atoms with Gasteiger partial charge in [0.25, 0.3) is 0 Å². The Hall–Kier alpha value is -1.27. The molecule has 0 spiro atoms. The van der Waals surface area contributed by atoms with Gasteiger partial charge < -0.3 is 14.8 Å². The molecule has 3 nitrogen and oxygen atoms in total. The molecule has 0 fully saturated rings. The Balaban J connectivity index is 2.05. The van der Waals surface area contributed by atoms with Crippen molar-refractivity contribution in [2.75, 3.05) is 19.8 Å². The van der Waals surface area contributed by atoms with E-state index < -0.39 is 0 Å². The van der Waals surface area contributed by atoms with Crippen molar-refractivity contribution in [1.29, 1.82) is 0 Å². The average Bonchev–Trinajstić information content (AvgIpc) is 2.55. The second-order valence-corrected chi connectivity index (χ2v) is 6.80. The highest BCUT2D eigenvalue weighted by atomic mass is 127. The Bertz CT molecular complexity index is 687. The largest absolute Gasteiger partial charge is 0.490 e. The summed E-state index contributed by atoms with van der Waals surface area (Å²) in [5, 5.41) is 3.64. The summed E-state index contributed by atoms with van der Waals surface area (Å²) in [5.74, 6) is 1.70. The number of rotatable bonds is 5. The van der Waals surface area contributed by atoms with Gasteiger partial charge >= 0.3 is 0 Å². The number of hydrogen-bond acceptors (Lipinski definition) is 3. The zero-order chi connectivity index (χ0) is 16.2. The molecular formula is C19H22INO2. The number of hydrogen-bond donors (Lipinski definition) is 1. The smallest absolute Gasteiger partial charge is 0.161 e. The molecule has 0 bridgehead atoms. The molecule has 122 valence electrons. The Morgan fingerprint density at radius 1 is 1.09 bits per heavy atom. The maximum atomic E-state index is 5.81. The van der Waals surface area contributed by atoms with Crippen LogP contribution in [0.15, 0.2) is 36.4 Å². The quantitative estimate of drug-likeness (QED) is 0.727. The molecule has 0 saturated heterocycles. The molecule has 0 aromatic heterocycles. The summed E-state index contributed by atoms with van der Waals surface area (Å²) in [6, 6.07) is 13.2. The monoisotopic (exact) mass is 423 g/mol. The topological polar surface area (TPSA) is 30.5 Å². The first-order valence-corrected chi connectivity index (χ1v) is 9.22. The van der Waals surface area contributed by atoms with E-state index in [-0.39, 0.29) is 6.04 Å². The molecule has 1 aliphatic rings. The molecule has 3 rings (SSSR count). The van der Waals surface area contributed by atoms with Crippen molar-refractivity contribution in [2.45, 2.75) is 26.3 Å². The maximum Gasteiger partial charge on any atom is 0.161 e. The molecule has 0 saturated carbocycles. The molecule has 4 heteroatoms. The number of halogens is 1. The van der Waals surface area contributed by atoms with Crippen molar-refractivity contribution in [3.8, 4) is 11.5 Å². The summed E-state index contributed by atoms with van der Waals surface area (Å²) in [5.41, 5.74) is 3.94. The van der Waals surface area contributed by atoms with Gasteiger partial charge in [-0.1, -0.05) is 12.1 Å². The second kappa shape index (κ2) is 7.53. The van der Waals surface area contributed by atoms with Gasteiger partial charge in [0.2, 0.25) is 0 Å². The van der Waals surface area contributed by atoms with Crippen LogP contribution in [0.5, 0.6) is 11.5 Å². The summed E-state index contributed by atoms with van der Waals surface area (Å²) in [6.07, 6.45) is 1.02. The van der Waals surface area contributed by atoms with Gasteiger partial charge in [-0.2, -0.15) is 0 Å². The zero-order valence-corrected chi connectivity index (χ0v) is 15.7. The van der Waals surface area contributed by atoms with Crippen molar-refractivity contribution in [2.24, 2.45) is 0 Å². The van der Waals surface area contributed by atoms with Crippen molar-refractivity contribution < 1.29 is 9.47 Å². The molecule has 23 heavy (non-hydrogen) atoms. The minimum absolute atomic E-state index is 0.211. The first kappa shape index (κ1) is 16.6. The van der Waals surface area contributed by atoms with E-state index in [0.29, 0.717) is 13.2 Å². The first-order chi connectivity index (χ1) is 11.2. The zero-order valence-electron chi connectivity index (χ0n) is 13.6. The van der Waals surface area contributed by atoms with Crippen molar-refractivity contribution in [1.82, 2.24) is 5.32 Å². The van der Waals surface area contributed by atoms with Gasteiger partial charge in [0.1, 0.15) is 0 Å². The Morgan fingerprint density at radius 3 is 2.52 bits per heavy atom. The van der Waals surface area contributed by atoms with E-state index in [0.717, 1.165) is 24.5 Å². The summed E-state index contributed by atoms with van der Waals surface area (Å²) in [4.78, 5) is 0. The van der Waals surface area contributed by atoms with Gasteiger partial charge in [-0.05, 0) is 83.8 Å². The number of benzene rings is 2. The molecule has 1 atom stereocenters. The fourth-order valence-electron chi connectivity index (χ4n) is 3.08. The maximum absolute atomic E-state index is 5.81. The lowest BCUT2D eigenvalue weighted by Crippen LogP contribution is -2.30. The highest BCUT2D eigenvalue weighted by Gasteiger charge is 2.24. The predicted octanol–water partition coefficient (Wildman–Crippen LogP) is 4.32. The van der Waals surface area contributed by atoms with Gasteiger partial charge in [-0.3, -0.25) is 0 Å². The van der Waals surface area contributed by atoms with E-state index in [1.54, 1.807) is 0 Å². The second-order valence-electron chi connectivity index (χ2n) is 5.56. The van der Waals surface area contributed by atoms with Gasteiger partial charge in [0, 0.05) is 10.1 Å². The molecule has 2 aromatic rings. The average molecular weight is 423 g/mol. The van der Waals surface area contributed by atoms with Crippen molar-refractivity contribution in [3.63, 3.8) is 0 Å². The fraction of sp³-hybridized carbons (Fsp3) is 0.368. The summed E-state index contributed by atoms with van der Waals surface area (Å²) in [7, 11) is 0. The van der Waals surface area contributed by atoms with Gasteiger partial charge in [-0.25, -0.2) is 0 Å². The molecule has 0 radical (unpaired) electrons. The van der Waals surface area contributed by atoms with Gasteiger partial charge in [0.05, 0.1) is 19.3 Å². The minimum atomic E-state index is 0.211. The molecule has 1 N–H and O–H groups in total. The van der Waals surface area contributed by atoms with E-state index in [1.165, 1.54) is 20.3 Å². The van der Waals surface area contributed by atoms with Crippen LogP contribution in [0, 0.1) is 3.57 Å². The normalized spacial score (nSPS) is 16.7. The lowest BCUT2D eigenvalue weighted by Gasteiger charge is -2.29. The van der Waals surface area contributed by atoms with Crippen LogP contribution in [0.3, 0.4) is 0 Å². The van der Waals surface area contributed by atoms with Crippen LogP contribution in [0.25, 0.3) is 0 Å². The van der Waals surface area contributed by atoms with Crippen LogP contribution in [-0.2, 0) is 6.42 Å². The first-order valence-electron chi connectivity index (χ1n) is 8.14. The van der Waals surface area contributed by atoms with Gasteiger partial charge in [-0.15, -0.1) is 0 Å². The number of ether oxygens (including phenoxy) is 2. The van der Waals surface area contributed by atoms with E-state index >= 15 is 0 Å². The minimum Gasteiger partial charge on any atom is -0.490 e. The van der Waals surface area contributed by atoms with Crippen molar-refractivity contribution >= 4 is 22.6 Å². The summed E-state index contributed by atoms with van der Waals surface area (Å²) >= 11 is 2.37. The van der Waals surface area contributed by atoms with E-state index in [4.69, 9.17) is 9.47 Å². The van der Waals surface area contributed by atoms with E-state index in [1.807, 2.05) is 13.8 Å². The fourth-order valence-corrected chi connectivity index (χ4v) is 3.65. The summed E-state index contributed by atoms with van der Waals surface area (Å²) < 4.78 is 12.8. The molecule has 0 aliphatic carbocycles. The molecular weight excluding hydrogens is 401 g/mol. The molecule has 0 amide bonds. The third-order valence-corrected chi connectivity index (χ3v) is 4.71. The van der Waals surface area contributed by atoms with E-state index in [9.17, 15) is 0 Å². The van der Waals surface area contributed by atoms with Crippen LogP contribution < -0.4 is 14.8 Å². The van der Waals surface area contributed by atoms with Crippen LogP contribution in [0.2, 0.25) is 0 Å². The van der Waals surface area contributed by atoms with Crippen LogP contribution in [0.1, 0.15) is 36.6 Å². The Kier molecular flexibility index (Phi) is 5.43. The summed E-state index contributed by atoms with van der Waals surface area (Å²) in [6.45, 7) is 6.27. The standard InChI is InChI=1S/C19H22INO2/c1-3-22-17-11-13-8-9-21-19(14-6-5-7-15(20)10-14)16(13)12-18(17)23-4-2/h5-7,10-12,19,21H,3-4,8-9H2,1-2H3. The number of nitrogens with one attached hydrogen (secondary N) is 1. The third kappa shape index (κ3) is 3.63. The van der Waals surface area contributed by atoms with Crippen LogP contribution >= 0.6 is 22.6 Å². The molecule has 2 aromatic carbocycles. The van der Waals surface area contributed by atoms with Crippen molar-refractivity contribution in [3.05, 3.63) is 56.7 Å². The lowest BCUT2D eigenvalue weighted by atomic mass is 9.89. The SMILES string of the molecule is CCOc1cc2c(cc1OCC)C(c1cccc(I)c1)NCC2. The predicted molar refractivity (Wildman–Crippen MR) is 101 cm³/mol. The number of fused-ring (bicyclic) bond motifs is 1. The highest BCUT2D eigenvalue weighted by Crippen LogP contribution is 2.38. The van der Waals surface area contributed by atoms with Crippen LogP contribution in [-0.4, -0.2) is 19.8 Å². The lowest BCUT2D eigenvalue weighted by molar-refractivity contribution is 0.286. The molecule has 1 aliphatic heterocycles. The Labute approximate surface area is 151 Å². The van der Waals surface area contributed by atoms with Crippen LogP contribution in [0.4, 0.5) is 0 Å². The van der Waals surface area contributed by atoms with Gasteiger partial charge in [0.15, 0.2) is 11.5 Å².